The van der Waals surface area contributed by atoms with Crippen LogP contribution in [0.3, 0.4) is 0 Å². The smallest absolute Gasteiger partial charge is 0.189 e. The van der Waals surface area contributed by atoms with E-state index in [1.54, 1.807) is 24.3 Å². The molecule has 0 amide bonds. The first-order chi connectivity index (χ1) is 5.86. The SMILES string of the molecule is O=C1COCOc2ccc1cc2. The van der Waals surface area contributed by atoms with Crippen molar-refractivity contribution in [2.45, 2.75) is 0 Å². The normalized spacial score (nSPS) is 16.2. The lowest BCUT2D eigenvalue weighted by atomic mass is 10.1. The number of hydrogen-bond donors (Lipinski definition) is 0. The van der Waals surface area contributed by atoms with E-state index in [1.807, 2.05) is 0 Å². The molecule has 0 fully saturated rings. The van der Waals surface area contributed by atoms with Gasteiger partial charge in [0.15, 0.2) is 12.6 Å². The van der Waals surface area contributed by atoms with E-state index in [0.717, 1.165) is 5.75 Å². The molecule has 3 heteroatoms. The highest BCUT2D eigenvalue weighted by molar-refractivity contribution is 5.97. The number of ketones is 1. The van der Waals surface area contributed by atoms with Gasteiger partial charge in [-0.3, -0.25) is 4.79 Å². The number of rotatable bonds is 0. The fraction of sp³-hybridized carbons (Fsp3) is 0.222. The predicted octanol–water partition coefficient (Wildman–Crippen LogP) is 1.24. The van der Waals surface area contributed by atoms with Crippen molar-refractivity contribution >= 4 is 5.78 Å². The summed E-state index contributed by atoms with van der Waals surface area (Å²) in [6.45, 7) is 0.236. The zero-order valence-electron chi connectivity index (χ0n) is 6.45. The molecule has 2 bridgehead atoms. The van der Waals surface area contributed by atoms with E-state index < -0.39 is 0 Å². The minimum Gasteiger partial charge on any atom is -0.468 e. The van der Waals surface area contributed by atoms with E-state index in [0.29, 0.717) is 5.56 Å². The number of benzene rings is 1. The van der Waals surface area contributed by atoms with Crippen molar-refractivity contribution in [2.75, 3.05) is 13.4 Å². The Morgan fingerprint density at radius 1 is 1.17 bits per heavy atom. The van der Waals surface area contributed by atoms with Gasteiger partial charge in [-0.1, -0.05) is 0 Å². The van der Waals surface area contributed by atoms with Crippen molar-refractivity contribution in [3.8, 4) is 5.75 Å². The predicted molar refractivity (Wildman–Crippen MR) is 42.2 cm³/mol. The minimum atomic E-state index is -0.00736. The summed E-state index contributed by atoms with van der Waals surface area (Å²) in [5, 5.41) is 0. The molecule has 0 aromatic heterocycles. The molecule has 0 radical (unpaired) electrons. The highest BCUT2D eigenvalue weighted by Crippen LogP contribution is 2.14. The number of hydrogen-bond acceptors (Lipinski definition) is 3. The van der Waals surface area contributed by atoms with Gasteiger partial charge in [-0.05, 0) is 24.3 Å². The van der Waals surface area contributed by atoms with E-state index in [-0.39, 0.29) is 19.2 Å². The van der Waals surface area contributed by atoms with E-state index in [4.69, 9.17) is 9.47 Å². The summed E-state index contributed by atoms with van der Waals surface area (Å²) in [5.41, 5.74) is 0.671. The van der Waals surface area contributed by atoms with Crippen LogP contribution < -0.4 is 4.74 Å². The lowest BCUT2D eigenvalue weighted by Gasteiger charge is -2.01. The van der Waals surface area contributed by atoms with Gasteiger partial charge in [-0.2, -0.15) is 0 Å². The molecule has 3 nitrogen and oxygen atoms in total. The van der Waals surface area contributed by atoms with Crippen LogP contribution in [0.5, 0.6) is 5.75 Å². The third-order valence-electron chi connectivity index (χ3n) is 1.72. The molecular weight excluding hydrogens is 156 g/mol. The van der Waals surface area contributed by atoms with Crippen LogP contribution in [0, 0.1) is 0 Å². The van der Waals surface area contributed by atoms with Crippen LogP contribution in [0.2, 0.25) is 0 Å². The quantitative estimate of drug-likeness (QED) is 0.578. The Bertz CT molecular complexity index is 289. The van der Waals surface area contributed by atoms with E-state index in [2.05, 4.69) is 0 Å². The first kappa shape index (κ1) is 7.31. The number of carbonyl (C=O) groups excluding carboxylic acids is 1. The molecule has 0 N–H and O–H groups in total. The molecule has 0 unspecified atom stereocenters. The van der Waals surface area contributed by atoms with Crippen molar-refractivity contribution in [1.29, 1.82) is 0 Å². The standard InChI is InChI=1S/C9H8O3/c10-9-5-11-6-12-8-3-1-7(9)2-4-8/h1-4H,5-6H2. The number of Topliss-reactive ketones (excluding diaryl/α,β-unsaturated/α-hetero) is 1. The van der Waals surface area contributed by atoms with Crippen molar-refractivity contribution in [1.82, 2.24) is 0 Å². The third kappa shape index (κ3) is 1.31. The van der Waals surface area contributed by atoms with E-state index in [1.165, 1.54) is 0 Å². The van der Waals surface area contributed by atoms with Crippen LogP contribution in [0.4, 0.5) is 0 Å². The maximum atomic E-state index is 11.2. The lowest BCUT2D eigenvalue weighted by molar-refractivity contribution is 0.0188. The molecule has 62 valence electrons. The monoisotopic (exact) mass is 164 g/mol. The molecule has 1 aromatic carbocycles. The van der Waals surface area contributed by atoms with Crippen molar-refractivity contribution in [3.05, 3.63) is 29.8 Å². The number of carbonyl (C=O) groups is 1. The second kappa shape index (κ2) is 2.95. The zero-order chi connectivity index (χ0) is 8.39. The van der Waals surface area contributed by atoms with Crippen LogP contribution in [-0.4, -0.2) is 19.2 Å². The molecule has 0 saturated carbocycles. The first-order valence-electron chi connectivity index (χ1n) is 3.70. The number of ether oxygens (including phenoxy) is 2. The average molecular weight is 164 g/mol. The van der Waals surface area contributed by atoms with Crippen molar-refractivity contribution < 1.29 is 14.3 Å². The van der Waals surface area contributed by atoms with Gasteiger partial charge in [0.1, 0.15) is 12.4 Å². The van der Waals surface area contributed by atoms with Crippen LogP contribution >= 0.6 is 0 Å². The fourth-order valence-electron chi connectivity index (χ4n) is 1.06. The van der Waals surface area contributed by atoms with Gasteiger partial charge in [-0.15, -0.1) is 0 Å². The summed E-state index contributed by atoms with van der Waals surface area (Å²) in [5.74, 6) is 0.723. The van der Waals surface area contributed by atoms with Crippen LogP contribution in [0.15, 0.2) is 24.3 Å². The largest absolute Gasteiger partial charge is 0.468 e. The molecule has 2 aliphatic heterocycles. The second-order valence-corrected chi connectivity index (χ2v) is 2.56. The van der Waals surface area contributed by atoms with Crippen LogP contribution in [-0.2, 0) is 4.74 Å². The Morgan fingerprint density at radius 3 is 2.67 bits per heavy atom. The fourth-order valence-corrected chi connectivity index (χ4v) is 1.06. The minimum absolute atomic E-state index is 0.00736. The molecule has 2 heterocycles. The summed E-state index contributed by atoms with van der Waals surface area (Å²) in [6, 6.07) is 7.02. The Labute approximate surface area is 69.9 Å². The highest BCUT2D eigenvalue weighted by Gasteiger charge is 2.08. The van der Waals surface area contributed by atoms with Gasteiger partial charge in [0.2, 0.25) is 0 Å². The van der Waals surface area contributed by atoms with Gasteiger partial charge in [0.25, 0.3) is 0 Å². The summed E-state index contributed by atoms with van der Waals surface area (Å²) in [7, 11) is 0. The lowest BCUT2D eigenvalue weighted by Crippen LogP contribution is -2.10. The number of fused-ring (bicyclic) bond motifs is 6. The van der Waals surface area contributed by atoms with Crippen LogP contribution in [0.25, 0.3) is 0 Å². The molecule has 2 aliphatic rings. The highest BCUT2D eigenvalue weighted by atomic mass is 16.7. The molecule has 1 aromatic rings. The average Bonchev–Trinajstić information content (AvgIpc) is 2.24. The summed E-state index contributed by atoms with van der Waals surface area (Å²) in [4.78, 5) is 11.2. The third-order valence-corrected chi connectivity index (χ3v) is 1.72. The van der Waals surface area contributed by atoms with Gasteiger partial charge in [0, 0.05) is 5.56 Å². The van der Waals surface area contributed by atoms with Gasteiger partial charge >= 0.3 is 0 Å². The van der Waals surface area contributed by atoms with Gasteiger partial charge < -0.3 is 9.47 Å². The molecule has 12 heavy (non-hydrogen) atoms. The Kier molecular flexibility index (Phi) is 1.80. The first-order valence-corrected chi connectivity index (χ1v) is 3.70. The topological polar surface area (TPSA) is 35.5 Å². The summed E-state index contributed by atoms with van der Waals surface area (Å²) in [6.07, 6.45) is 0. The Morgan fingerprint density at radius 2 is 1.92 bits per heavy atom. The van der Waals surface area contributed by atoms with Crippen molar-refractivity contribution in [3.63, 3.8) is 0 Å². The summed E-state index contributed by atoms with van der Waals surface area (Å²) >= 11 is 0. The Hall–Kier alpha value is -1.35. The summed E-state index contributed by atoms with van der Waals surface area (Å²) < 4.78 is 10.1. The van der Waals surface area contributed by atoms with Crippen molar-refractivity contribution in [2.24, 2.45) is 0 Å². The zero-order valence-corrected chi connectivity index (χ0v) is 6.45. The van der Waals surface area contributed by atoms with E-state index in [9.17, 15) is 4.79 Å². The molecule has 0 aliphatic carbocycles. The van der Waals surface area contributed by atoms with E-state index >= 15 is 0 Å². The molecule has 0 saturated heterocycles. The van der Waals surface area contributed by atoms with Gasteiger partial charge in [-0.25, -0.2) is 0 Å². The maximum absolute atomic E-state index is 11.2. The molecule has 0 spiro atoms. The second-order valence-electron chi connectivity index (χ2n) is 2.56. The molecular formula is C9H8O3. The van der Waals surface area contributed by atoms with Gasteiger partial charge in [0.05, 0.1) is 0 Å². The maximum Gasteiger partial charge on any atom is 0.189 e. The van der Waals surface area contributed by atoms with Crippen LogP contribution in [0.1, 0.15) is 10.4 Å². The Balaban J connectivity index is 2.38. The molecule has 0 atom stereocenters. The molecule has 3 rings (SSSR count).